The fraction of sp³-hybridized carbons (Fsp3) is 0.363. The van der Waals surface area contributed by atoms with E-state index < -0.39 is 131 Å². The Morgan fingerprint density at radius 2 is 0.610 bits per heavy atom. The van der Waals surface area contributed by atoms with Gasteiger partial charge in [0.05, 0.1) is 32.6 Å². The second-order valence-electron chi connectivity index (χ2n) is 34.5. The zero-order chi connectivity index (χ0) is 106. The lowest BCUT2D eigenvalue weighted by atomic mass is 9.90. The van der Waals surface area contributed by atoms with Crippen molar-refractivity contribution >= 4 is 133 Å². The van der Waals surface area contributed by atoms with Crippen LogP contribution in [0.4, 0.5) is 39.5 Å². The number of alkyl halides is 8. The monoisotopic (exact) mass is 2120 g/mol. The van der Waals surface area contributed by atoms with E-state index in [0.717, 1.165) is 27.7 Å². The summed E-state index contributed by atoms with van der Waals surface area (Å²) in [5, 5.41) is -15.7. The van der Waals surface area contributed by atoms with Crippen molar-refractivity contribution < 1.29 is 139 Å². The molecule has 10 aromatic carbocycles. The minimum absolute atomic E-state index is 0.0594. The molecule has 1 saturated heterocycles. The third-order valence-electron chi connectivity index (χ3n) is 22.5. The third-order valence-corrected chi connectivity index (χ3v) is 35.7. The van der Waals surface area contributed by atoms with Crippen LogP contribution in [0, 0.1) is 27.5 Å². The number of halogens is 9. The van der Waals surface area contributed by atoms with Crippen LogP contribution in [0.15, 0.2) is 302 Å². The fourth-order valence-electron chi connectivity index (χ4n) is 11.9. The van der Waals surface area contributed by atoms with Crippen molar-refractivity contribution in [3.05, 3.63) is 284 Å². The van der Waals surface area contributed by atoms with Gasteiger partial charge in [-0.2, -0.15) is 35.1 Å². The number of ketones is 1. The van der Waals surface area contributed by atoms with E-state index in [4.69, 9.17) is 4.74 Å². The molecule has 0 spiro atoms. The molecule has 1 aromatic heterocycles. The number of Topliss-reactive ketones (excluding diaryl/α,β-unsaturated/α-hetero) is 1. The lowest BCUT2D eigenvalue weighted by Crippen LogP contribution is -2.44. The molecule has 766 valence electrons. The molecule has 22 nitrogen and oxygen atoms in total. The Hall–Kier alpha value is -10.2. The summed E-state index contributed by atoms with van der Waals surface area (Å²) in [6.07, 6.45) is -5.31. The first-order valence-corrected chi connectivity index (χ1v) is 55.2. The molecule has 0 saturated carbocycles. The van der Waals surface area contributed by atoms with Crippen LogP contribution in [0.1, 0.15) is 160 Å². The Morgan fingerprint density at radius 3 is 0.908 bits per heavy atom. The number of carbonyl (C=O) groups excluding carboxylic acids is 5. The molecule has 0 amide bonds. The van der Waals surface area contributed by atoms with Crippen molar-refractivity contribution in [2.24, 2.45) is 21.7 Å². The van der Waals surface area contributed by atoms with Gasteiger partial charge in [-0.1, -0.05) is 179 Å². The molecule has 141 heavy (non-hydrogen) atoms. The lowest BCUT2D eigenvalue weighted by Gasteiger charge is -2.29. The highest BCUT2D eigenvalue weighted by Gasteiger charge is 2.52. The number of para-hydroxylation sites is 2. The SMILES string of the molecule is CCC(C)(C)C(=O)OC(C)C(F)(F)S(=O)(=O)[O-].CCC(C)(C)C(=O)OC(C)C(F)(F)S(=O)(=O)[O-].CCC(C)(C)C(=O)OC(C)C(F)(F)S(=O)(=O)[O-].CCC(C)(C)C(=O)OC(C)C(F)(F)S(=O)(=O)[O-].Fc1ccc([S+](c2ccccc2)c2ccccc2)cc1.O=C(C[S+]1CCCC1)c1ccccc1.c1ccc(-[s+]2c3ccccc3c3ccccc32)cc1.c1ccc([S+]2c3ccccc3Oc3ccccc32)cc1. The molecule has 39 heteroatoms. The van der Waals surface area contributed by atoms with Crippen molar-refractivity contribution in [1.82, 2.24) is 0 Å². The Balaban J connectivity index is 0.000000247. The maximum Gasteiger partial charge on any atom is 0.369 e. The van der Waals surface area contributed by atoms with Crippen molar-refractivity contribution in [2.45, 2.75) is 224 Å². The van der Waals surface area contributed by atoms with E-state index in [1.807, 2.05) is 103 Å². The van der Waals surface area contributed by atoms with Gasteiger partial charge in [-0.25, -0.2) is 38.1 Å². The van der Waals surface area contributed by atoms with Crippen LogP contribution in [0.2, 0.25) is 0 Å². The third kappa shape index (κ3) is 32.7. The number of hydrogen-bond acceptors (Lipinski definition) is 22. The summed E-state index contributed by atoms with van der Waals surface area (Å²) < 4.78 is 267. The highest BCUT2D eigenvalue weighted by atomic mass is 32.2. The van der Waals surface area contributed by atoms with E-state index in [-0.39, 0.29) is 38.1 Å². The number of fused-ring (bicyclic) bond motifs is 5. The van der Waals surface area contributed by atoms with Crippen LogP contribution in [-0.4, -0.2) is 144 Å². The standard InChI is InChI=1S/C18H14FS.C18H13OS.C18H13S.C12H15OS.4C9H16F2O5S/c19-15-11-13-18(14-12-15)20(16-7-3-1-4-8-16)17-9-5-2-6-10-17;1-2-8-14(9-3-1)20-17-12-6-4-10-15(17)19-16-11-5-7-13-18(16)20;1-2-8-14(9-3-1)19-17-12-6-4-10-15(17)16-11-5-7-13-18(16)19;13-12(10-14-8-4-5-9-14)11-6-2-1-3-7-11;4*1-5-8(3,4)7(12)16-6(2)9(10,11)17(13,14)15/h1-14H;1-13H;1-13H;1-3,6-7H,4-5,8-10H2;4*6H,5H2,1-4H3,(H,13,14,15)/q4*+1;;;;/p-4. The summed E-state index contributed by atoms with van der Waals surface area (Å²) in [6.45, 7) is 21.0. The first-order chi connectivity index (χ1) is 65.5. The topological polar surface area (TPSA) is 360 Å². The molecule has 0 bridgehead atoms. The van der Waals surface area contributed by atoms with Crippen molar-refractivity contribution in [2.75, 3.05) is 17.3 Å². The van der Waals surface area contributed by atoms with Crippen LogP contribution in [0.25, 0.3) is 25.1 Å². The summed E-state index contributed by atoms with van der Waals surface area (Å²) in [6, 6.07) is 92.9. The Labute approximate surface area is 830 Å². The summed E-state index contributed by atoms with van der Waals surface area (Å²) in [5.74, 6) is 1.51. The van der Waals surface area contributed by atoms with E-state index in [9.17, 15) is 115 Å². The van der Waals surface area contributed by atoms with Crippen LogP contribution in [0.3, 0.4) is 0 Å². The second-order valence-corrected chi connectivity index (χ2v) is 48.6. The number of thiophene rings is 1. The molecule has 11 aromatic rings. The smallest absolute Gasteiger partial charge is 0.369 e. The Kier molecular flexibility index (Phi) is 43.5. The predicted octanol–water partition coefficient (Wildman–Crippen LogP) is 23.8. The molecule has 2 aliphatic rings. The molecule has 0 N–H and O–H groups in total. The maximum absolute atomic E-state index is 13.2. The molecule has 4 atom stereocenters. The van der Waals surface area contributed by atoms with Gasteiger partial charge in [0.1, 0.15) is 28.2 Å². The fourth-order valence-corrected chi connectivity index (χ4v) is 22.7. The first-order valence-electron chi connectivity index (χ1n) is 44.2. The molecular weight excluding hydrogens is 2000 g/mol. The molecular formula is C102H115F9O22S8. The number of esters is 4. The zero-order valence-corrected chi connectivity index (χ0v) is 86.8. The van der Waals surface area contributed by atoms with Gasteiger partial charge in [-0.3, -0.25) is 24.0 Å². The largest absolute Gasteiger partial charge is 0.743 e. The Bertz CT molecular complexity index is 5980. The summed E-state index contributed by atoms with van der Waals surface area (Å²) in [5.41, 5.74) is -3.19. The van der Waals surface area contributed by atoms with Crippen LogP contribution >= 0.6 is 10.5 Å². The summed E-state index contributed by atoms with van der Waals surface area (Å²) in [7, 11) is -23.3. The van der Waals surface area contributed by atoms with Gasteiger partial charge in [0, 0.05) is 26.8 Å². The van der Waals surface area contributed by atoms with E-state index in [1.165, 1.54) is 141 Å². The van der Waals surface area contributed by atoms with Crippen molar-refractivity contribution in [3.8, 4) is 16.4 Å². The molecule has 0 radical (unpaired) electrons. The predicted molar refractivity (Wildman–Crippen MR) is 527 cm³/mol. The number of carbonyl (C=O) groups is 5. The highest BCUT2D eigenvalue weighted by Crippen LogP contribution is 2.50. The van der Waals surface area contributed by atoms with Gasteiger partial charge in [-0.15, -0.1) is 0 Å². The van der Waals surface area contributed by atoms with E-state index in [0.29, 0.717) is 70.1 Å². The van der Waals surface area contributed by atoms with Gasteiger partial charge in [0.15, 0.2) is 116 Å². The Morgan fingerprint density at radius 1 is 0.355 bits per heavy atom. The van der Waals surface area contributed by atoms with E-state index in [2.05, 4.69) is 177 Å². The van der Waals surface area contributed by atoms with Gasteiger partial charge >= 0.3 is 44.9 Å². The molecule has 2 aliphatic heterocycles. The molecule has 3 heterocycles. The summed E-state index contributed by atoms with van der Waals surface area (Å²) in [4.78, 5) is 66.4. The highest BCUT2D eigenvalue weighted by molar-refractivity contribution is 7.98. The first kappa shape index (κ1) is 120. The van der Waals surface area contributed by atoms with E-state index >= 15 is 0 Å². The molecule has 1 fully saturated rings. The van der Waals surface area contributed by atoms with Crippen molar-refractivity contribution in [1.29, 1.82) is 0 Å². The lowest BCUT2D eigenvalue weighted by molar-refractivity contribution is -0.170. The quantitative estimate of drug-likeness (QED) is 0.0110. The number of rotatable bonds is 28. The average Bonchev–Trinajstić information content (AvgIpc) is 1.61. The van der Waals surface area contributed by atoms with Crippen molar-refractivity contribution in [3.63, 3.8) is 0 Å². The maximum atomic E-state index is 13.2. The van der Waals surface area contributed by atoms with Crippen LogP contribution in [0.5, 0.6) is 11.5 Å². The van der Waals surface area contributed by atoms with Crippen LogP contribution in [-0.2, 0) is 111 Å². The minimum Gasteiger partial charge on any atom is -0.743 e. The van der Waals surface area contributed by atoms with Gasteiger partial charge in [-0.05, 0) is 254 Å². The number of ether oxygens (including phenoxy) is 5. The second kappa shape index (κ2) is 51.4. The van der Waals surface area contributed by atoms with Crippen LogP contribution < -0.4 is 4.74 Å². The van der Waals surface area contributed by atoms with Gasteiger partial charge in [0.2, 0.25) is 15.6 Å². The number of benzene rings is 10. The average molecular weight is 2120 g/mol. The number of hydrogen-bond donors (Lipinski definition) is 0. The minimum atomic E-state index is -5.86. The van der Waals surface area contributed by atoms with Gasteiger partial charge < -0.3 is 41.9 Å². The molecule has 0 aliphatic carbocycles. The zero-order valence-electron chi connectivity index (χ0n) is 80.3. The molecule has 13 rings (SSSR count). The molecule has 4 unspecified atom stereocenters. The summed E-state index contributed by atoms with van der Waals surface area (Å²) >= 11 is 0. The van der Waals surface area contributed by atoms with E-state index in [1.54, 1.807) is 27.7 Å². The van der Waals surface area contributed by atoms with Gasteiger partial charge in [0.25, 0.3) is 0 Å². The normalized spacial score (nSPS) is 14.1.